The molecule has 0 bridgehead atoms. The molecular formula is C15H24F3NO. The molecule has 0 amide bonds. The molecular weight excluding hydrogens is 267 g/mol. The minimum atomic E-state index is -4.10. The molecule has 20 heavy (non-hydrogen) atoms. The molecule has 1 aliphatic carbocycles. The molecule has 5 heteroatoms. The molecule has 0 radical (unpaired) electrons. The molecule has 2 unspecified atom stereocenters. The summed E-state index contributed by atoms with van der Waals surface area (Å²) in [5.41, 5.74) is -0.303. The molecule has 2 fully saturated rings. The summed E-state index contributed by atoms with van der Waals surface area (Å²) in [4.78, 5) is 14.2. The molecule has 0 aromatic heterocycles. The molecule has 0 spiro atoms. The third-order valence-corrected chi connectivity index (χ3v) is 4.84. The SMILES string of the molecule is CC1(C)CCCC(CN2CCCC(C(F)(F)F)C2)C1=O. The fourth-order valence-corrected chi connectivity index (χ4v) is 3.57. The maximum atomic E-state index is 12.8. The van der Waals surface area contributed by atoms with Crippen LogP contribution in [-0.2, 0) is 4.79 Å². The highest BCUT2D eigenvalue weighted by Crippen LogP contribution is 2.37. The Bertz CT molecular complexity index is 365. The molecule has 1 heterocycles. The van der Waals surface area contributed by atoms with Crippen LogP contribution in [0.3, 0.4) is 0 Å². The fourth-order valence-electron chi connectivity index (χ4n) is 3.57. The Labute approximate surface area is 118 Å². The number of ketones is 1. The van der Waals surface area contributed by atoms with Crippen LogP contribution in [-0.4, -0.2) is 36.5 Å². The number of rotatable bonds is 2. The van der Waals surface area contributed by atoms with Crippen molar-refractivity contribution >= 4 is 5.78 Å². The summed E-state index contributed by atoms with van der Waals surface area (Å²) in [6.45, 7) is 5.17. The van der Waals surface area contributed by atoms with Gasteiger partial charge in [0.25, 0.3) is 0 Å². The summed E-state index contributed by atoms with van der Waals surface area (Å²) >= 11 is 0. The van der Waals surface area contributed by atoms with Gasteiger partial charge in [0.1, 0.15) is 5.78 Å². The van der Waals surface area contributed by atoms with Gasteiger partial charge in [-0.1, -0.05) is 20.3 Å². The number of carbonyl (C=O) groups excluding carboxylic acids is 1. The van der Waals surface area contributed by atoms with Crippen LogP contribution >= 0.6 is 0 Å². The highest BCUT2D eigenvalue weighted by molar-refractivity contribution is 5.87. The number of nitrogens with zero attached hydrogens (tertiary/aromatic N) is 1. The average Bonchev–Trinajstić information content (AvgIpc) is 2.34. The van der Waals surface area contributed by atoms with Crippen molar-refractivity contribution in [3.63, 3.8) is 0 Å². The first-order valence-corrected chi connectivity index (χ1v) is 7.53. The largest absolute Gasteiger partial charge is 0.393 e. The van der Waals surface area contributed by atoms with Crippen molar-refractivity contribution in [2.75, 3.05) is 19.6 Å². The summed E-state index contributed by atoms with van der Waals surface area (Å²) in [5.74, 6) is -1.06. The summed E-state index contributed by atoms with van der Waals surface area (Å²) in [6, 6.07) is 0. The number of Topliss-reactive ketones (excluding diaryl/α,β-unsaturated/α-hetero) is 1. The van der Waals surface area contributed by atoms with Crippen LogP contribution in [0.2, 0.25) is 0 Å². The summed E-state index contributed by atoms with van der Waals surface area (Å²) < 4.78 is 38.4. The quantitative estimate of drug-likeness (QED) is 0.774. The second-order valence-corrected chi connectivity index (χ2v) is 6.98. The molecule has 0 aromatic carbocycles. The molecule has 2 nitrogen and oxygen atoms in total. The monoisotopic (exact) mass is 291 g/mol. The minimum Gasteiger partial charge on any atom is -0.302 e. The lowest BCUT2D eigenvalue weighted by Crippen LogP contribution is -2.47. The molecule has 116 valence electrons. The first-order valence-electron chi connectivity index (χ1n) is 7.53. The van der Waals surface area contributed by atoms with E-state index in [0.29, 0.717) is 19.5 Å². The smallest absolute Gasteiger partial charge is 0.302 e. The van der Waals surface area contributed by atoms with E-state index in [-0.39, 0.29) is 30.1 Å². The molecule has 0 aromatic rings. The Morgan fingerprint density at radius 2 is 1.95 bits per heavy atom. The Morgan fingerprint density at radius 3 is 2.60 bits per heavy atom. The Morgan fingerprint density at radius 1 is 1.25 bits per heavy atom. The molecule has 2 atom stereocenters. The second-order valence-electron chi connectivity index (χ2n) is 6.98. The maximum Gasteiger partial charge on any atom is 0.393 e. The van der Waals surface area contributed by atoms with Crippen LogP contribution in [0.15, 0.2) is 0 Å². The molecule has 1 saturated heterocycles. The molecule has 1 saturated carbocycles. The minimum absolute atomic E-state index is 0.0632. The van der Waals surface area contributed by atoms with E-state index in [0.717, 1.165) is 19.3 Å². The van der Waals surface area contributed by atoms with Crippen molar-refractivity contribution in [3.8, 4) is 0 Å². The number of carbonyl (C=O) groups is 1. The second kappa shape index (κ2) is 5.66. The van der Waals surface area contributed by atoms with Crippen molar-refractivity contribution in [3.05, 3.63) is 0 Å². The maximum absolute atomic E-state index is 12.8. The van der Waals surface area contributed by atoms with Gasteiger partial charge in [-0.05, 0) is 32.2 Å². The van der Waals surface area contributed by atoms with Crippen molar-refractivity contribution in [1.82, 2.24) is 4.90 Å². The lowest BCUT2D eigenvalue weighted by Gasteiger charge is -2.39. The fraction of sp³-hybridized carbons (Fsp3) is 0.933. The highest BCUT2D eigenvalue weighted by atomic mass is 19.4. The van der Waals surface area contributed by atoms with Gasteiger partial charge in [-0.25, -0.2) is 0 Å². The third-order valence-electron chi connectivity index (χ3n) is 4.84. The zero-order valence-corrected chi connectivity index (χ0v) is 12.3. The standard InChI is InChI=1S/C15H24F3NO/c1-14(2)7-3-5-11(13(14)20)9-19-8-4-6-12(10-19)15(16,17)18/h11-12H,3-10H2,1-2H3. The average molecular weight is 291 g/mol. The first-order chi connectivity index (χ1) is 9.20. The van der Waals surface area contributed by atoms with E-state index in [1.54, 1.807) is 0 Å². The molecule has 2 aliphatic rings. The highest BCUT2D eigenvalue weighted by Gasteiger charge is 2.43. The summed E-state index contributed by atoms with van der Waals surface area (Å²) in [6.07, 6.45) is -0.573. The Hall–Kier alpha value is -0.580. The van der Waals surface area contributed by atoms with E-state index < -0.39 is 12.1 Å². The van der Waals surface area contributed by atoms with Gasteiger partial charge in [-0.3, -0.25) is 4.79 Å². The van der Waals surface area contributed by atoms with E-state index in [4.69, 9.17) is 0 Å². The topological polar surface area (TPSA) is 20.3 Å². The van der Waals surface area contributed by atoms with E-state index in [9.17, 15) is 18.0 Å². The number of likely N-dealkylation sites (tertiary alicyclic amines) is 1. The number of hydrogen-bond acceptors (Lipinski definition) is 2. The van der Waals surface area contributed by atoms with Crippen LogP contribution < -0.4 is 0 Å². The van der Waals surface area contributed by atoms with Gasteiger partial charge in [0.05, 0.1) is 5.92 Å². The van der Waals surface area contributed by atoms with Crippen LogP contribution in [0.5, 0.6) is 0 Å². The normalized spacial score (nSPS) is 32.4. The predicted molar refractivity (Wildman–Crippen MR) is 71.3 cm³/mol. The summed E-state index contributed by atoms with van der Waals surface area (Å²) in [5, 5.41) is 0. The Kier molecular flexibility index (Phi) is 4.47. The molecule has 1 aliphatic heterocycles. The third kappa shape index (κ3) is 3.54. The van der Waals surface area contributed by atoms with Gasteiger partial charge < -0.3 is 4.90 Å². The van der Waals surface area contributed by atoms with Crippen LogP contribution in [0.1, 0.15) is 46.0 Å². The number of alkyl halides is 3. The molecule has 2 rings (SSSR count). The van der Waals surface area contributed by atoms with Crippen molar-refractivity contribution in [2.45, 2.75) is 52.1 Å². The van der Waals surface area contributed by atoms with E-state index >= 15 is 0 Å². The number of hydrogen-bond donors (Lipinski definition) is 0. The zero-order valence-electron chi connectivity index (χ0n) is 12.3. The van der Waals surface area contributed by atoms with Crippen molar-refractivity contribution < 1.29 is 18.0 Å². The number of piperidine rings is 1. The van der Waals surface area contributed by atoms with Gasteiger partial charge >= 0.3 is 6.18 Å². The molecule has 0 N–H and O–H groups in total. The van der Waals surface area contributed by atoms with Crippen LogP contribution in [0.4, 0.5) is 13.2 Å². The van der Waals surface area contributed by atoms with E-state index in [2.05, 4.69) is 0 Å². The van der Waals surface area contributed by atoms with Crippen LogP contribution in [0, 0.1) is 17.3 Å². The lowest BCUT2D eigenvalue weighted by molar-refractivity contribution is -0.187. The predicted octanol–water partition coefficient (Wildman–Crippen LogP) is 3.66. The summed E-state index contributed by atoms with van der Waals surface area (Å²) in [7, 11) is 0. The number of halogens is 3. The van der Waals surface area contributed by atoms with E-state index in [1.165, 1.54) is 0 Å². The van der Waals surface area contributed by atoms with Crippen molar-refractivity contribution in [2.24, 2.45) is 17.3 Å². The zero-order chi connectivity index (χ0) is 15.0. The van der Waals surface area contributed by atoms with Gasteiger partial charge in [-0.15, -0.1) is 0 Å². The van der Waals surface area contributed by atoms with Crippen molar-refractivity contribution in [1.29, 1.82) is 0 Å². The lowest BCUT2D eigenvalue weighted by atomic mass is 9.71. The van der Waals surface area contributed by atoms with E-state index in [1.807, 2.05) is 18.7 Å². The first kappa shape index (κ1) is 15.8. The van der Waals surface area contributed by atoms with Gasteiger partial charge in [-0.2, -0.15) is 13.2 Å². The Balaban J connectivity index is 1.94. The van der Waals surface area contributed by atoms with Gasteiger partial charge in [0.15, 0.2) is 0 Å². The van der Waals surface area contributed by atoms with Gasteiger partial charge in [0, 0.05) is 24.4 Å². The van der Waals surface area contributed by atoms with Crippen LogP contribution in [0.25, 0.3) is 0 Å². The van der Waals surface area contributed by atoms with Gasteiger partial charge in [0.2, 0.25) is 0 Å².